The Morgan fingerprint density at radius 1 is 1.42 bits per heavy atom. The number of halogens is 2. The van der Waals surface area contributed by atoms with Gasteiger partial charge in [0.2, 0.25) is 0 Å². The molecule has 5 heteroatoms. The zero-order valence-corrected chi connectivity index (χ0v) is 12.7. The van der Waals surface area contributed by atoms with E-state index in [4.69, 9.17) is 11.6 Å². The van der Waals surface area contributed by atoms with Gasteiger partial charge in [-0.1, -0.05) is 11.6 Å². The van der Waals surface area contributed by atoms with Crippen molar-refractivity contribution >= 4 is 33.2 Å². The zero-order chi connectivity index (χ0) is 13.8. The number of anilines is 1. The van der Waals surface area contributed by atoms with Crippen LogP contribution >= 0.6 is 27.5 Å². The summed E-state index contributed by atoms with van der Waals surface area (Å²) in [5.41, 5.74) is 2.96. The molecule has 0 saturated heterocycles. The van der Waals surface area contributed by atoms with Crippen molar-refractivity contribution in [3.63, 3.8) is 0 Å². The molecular weight excluding hydrogens is 328 g/mol. The van der Waals surface area contributed by atoms with Gasteiger partial charge in [-0.15, -0.1) is 0 Å². The van der Waals surface area contributed by atoms with E-state index in [9.17, 15) is 5.11 Å². The standard InChI is InChI=1S/C14H14BrClN2O/c1-9-4-5-17-7-11(9)14(8-19)18-10-2-3-13(16)12(15)6-10/h2-7,14,18-19H,8H2,1H3. The smallest absolute Gasteiger partial charge is 0.0762 e. The van der Waals surface area contributed by atoms with Crippen LogP contribution in [0, 0.1) is 6.92 Å². The van der Waals surface area contributed by atoms with Crippen molar-refractivity contribution in [3.8, 4) is 0 Å². The van der Waals surface area contributed by atoms with Crippen molar-refractivity contribution in [2.45, 2.75) is 13.0 Å². The molecule has 0 aliphatic carbocycles. The number of benzene rings is 1. The van der Waals surface area contributed by atoms with Gasteiger partial charge >= 0.3 is 0 Å². The number of aliphatic hydroxyl groups is 1. The van der Waals surface area contributed by atoms with E-state index < -0.39 is 0 Å². The predicted octanol–water partition coefficient (Wildman–Crippen LogP) is 3.95. The number of pyridine rings is 1. The summed E-state index contributed by atoms with van der Waals surface area (Å²) in [5.74, 6) is 0. The average Bonchev–Trinajstić information content (AvgIpc) is 2.41. The van der Waals surface area contributed by atoms with Crippen LogP contribution in [-0.4, -0.2) is 16.7 Å². The van der Waals surface area contributed by atoms with Gasteiger partial charge in [0.25, 0.3) is 0 Å². The molecule has 19 heavy (non-hydrogen) atoms. The molecule has 0 bridgehead atoms. The molecule has 0 fully saturated rings. The molecule has 1 aromatic carbocycles. The van der Waals surface area contributed by atoms with Crippen LogP contribution in [0.4, 0.5) is 5.69 Å². The van der Waals surface area contributed by atoms with Gasteiger partial charge in [-0.3, -0.25) is 4.98 Å². The fraction of sp³-hybridized carbons (Fsp3) is 0.214. The second-order valence-corrected chi connectivity index (χ2v) is 5.50. The van der Waals surface area contributed by atoms with Crippen molar-refractivity contribution in [2.75, 3.05) is 11.9 Å². The molecule has 2 aromatic rings. The van der Waals surface area contributed by atoms with Crippen LogP contribution in [-0.2, 0) is 0 Å². The summed E-state index contributed by atoms with van der Waals surface area (Å²) in [6.45, 7) is 1.99. The van der Waals surface area contributed by atoms with E-state index in [2.05, 4.69) is 26.2 Å². The van der Waals surface area contributed by atoms with E-state index in [0.29, 0.717) is 5.02 Å². The molecule has 0 aliphatic rings. The number of rotatable bonds is 4. The van der Waals surface area contributed by atoms with Crippen LogP contribution in [0.15, 0.2) is 41.1 Å². The Balaban J connectivity index is 2.24. The number of hydrogen-bond donors (Lipinski definition) is 2. The summed E-state index contributed by atoms with van der Waals surface area (Å²) in [6, 6.07) is 7.30. The van der Waals surface area contributed by atoms with Crippen LogP contribution in [0.2, 0.25) is 5.02 Å². The maximum absolute atomic E-state index is 9.56. The highest BCUT2D eigenvalue weighted by atomic mass is 79.9. The largest absolute Gasteiger partial charge is 0.394 e. The summed E-state index contributed by atoms with van der Waals surface area (Å²) in [4.78, 5) is 4.11. The van der Waals surface area contributed by atoms with E-state index in [1.54, 1.807) is 18.5 Å². The van der Waals surface area contributed by atoms with Gasteiger partial charge in [-0.25, -0.2) is 0 Å². The summed E-state index contributed by atoms with van der Waals surface area (Å²) >= 11 is 9.34. The van der Waals surface area contributed by atoms with Crippen LogP contribution in [0.5, 0.6) is 0 Å². The molecule has 1 atom stereocenters. The first-order valence-corrected chi connectivity index (χ1v) is 7.02. The third kappa shape index (κ3) is 3.47. The molecule has 1 aromatic heterocycles. The highest BCUT2D eigenvalue weighted by Crippen LogP contribution is 2.28. The number of hydrogen-bond acceptors (Lipinski definition) is 3. The quantitative estimate of drug-likeness (QED) is 0.885. The van der Waals surface area contributed by atoms with E-state index in [1.165, 1.54) is 0 Å². The van der Waals surface area contributed by atoms with Crippen molar-refractivity contribution in [1.82, 2.24) is 4.98 Å². The highest BCUT2D eigenvalue weighted by Gasteiger charge is 2.13. The van der Waals surface area contributed by atoms with Gasteiger partial charge < -0.3 is 10.4 Å². The van der Waals surface area contributed by atoms with Crippen LogP contribution in [0.1, 0.15) is 17.2 Å². The average molecular weight is 342 g/mol. The van der Waals surface area contributed by atoms with Gasteiger partial charge in [0.05, 0.1) is 17.7 Å². The second kappa shape index (κ2) is 6.37. The third-order valence-corrected chi connectivity index (χ3v) is 4.11. The first-order chi connectivity index (χ1) is 9.11. The van der Waals surface area contributed by atoms with E-state index in [1.807, 2.05) is 25.1 Å². The summed E-state index contributed by atoms with van der Waals surface area (Å²) < 4.78 is 0.818. The van der Waals surface area contributed by atoms with Crippen LogP contribution in [0.25, 0.3) is 0 Å². The Morgan fingerprint density at radius 3 is 2.84 bits per heavy atom. The molecule has 100 valence electrons. The minimum absolute atomic E-state index is 0.00716. The molecule has 0 spiro atoms. The lowest BCUT2D eigenvalue weighted by Gasteiger charge is -2.19. The molecule has 3 nitrogen and oxygen atoms in total. The van der Waals surface area contributed by atoms with Gasteiger partial charge in [0.15, 0.2) is 0 Å². The van der Waals surface area contributed by atoms with Gasteiger partial charge in [-0.05, 0) is 58.2 Å². The lowest BCUT2D eigenvalue weighted by molar-refractivity contribution is 0.276. The normalized spacial score (nSPS) is 12.2. The van der Waals surface area contributed by atoms with Gasteiger partial charge in [-0.2, -0.15) is 0 Å². The fourth-order valence-corrected chi connectivity index (χ4v) is 2.35. The summed E-state index contributed by atoms with van der Waals surface area (Å²) in [6.07, 6.45) is 3.51. The summed E-state index contributed by atoms with van der Waals surface area (Å²) in [7, 11) is 0. The molecular formula is C14H14BrClN2O. The lowest BCUT2D eigenvalue weighted by atomic mass is 10.0. The molecule has 1 heterocycles. The molecule has 0 amide bonds. The number of aromatic nitrogens is 1. The number of aryl methyl sites for hydroxylation is 1. The van der Waals surface area contributed by atoms with Crippen molar-refractivity contribution < 1.29 is 5.11 Å². The number of nitrogens with zero attached hydrogens (tertiary/aromatic N) is 1. The van der Waals surface area contributed by atoms with Crippen molar-refractivity contribution in [3.05, 3.63) is 57.3 Å². The monoisotopic (exact) mass is 340 g/mol. The zero-order valence-electron chi connectivity index (χ0n) is 10.4. The van der Waals surface area contributed by atoms with E-state index >= 15 is 0 Å². The highest BCUT2D eigenvalue weighted by molar-refractivity contribution is 9.10. The minimum Gasteiger partial charge on any atom is -0.394 e. The molecule has 2 rings (SSSR count). The van der Waals surface area contributed by atoms with Crippen molar-refractivity contribution in [1.29, 1.82) is 0 Å². The Bertz CT molecular complexity index is 577. The van der Waals surface area contributed by atoms with E-state index in [0.717, 1.165) is 21.3 Å². The SMILES string of the molecule is Cc1ccncc1C(CO)Nc1ccc(Cl)c(Br)c1. The maximum Gasteiger partial charge on any atom is 0.0762 e. The molecule has 2 N–H and O–H groups in total. The second-order valence-electron chi connectivity index (χ2n) is 4.24. The van der Waals surface area contributed by atoms with Gasteiger partial charge in [0, 0.05) is 22.6 Å². The van der Waals surface area contributed by atoms with Crippen LogP contribution < -0.4 is 5.32 Å². The molecule has 1 unspecified atom stereocenters. The maximum atomic E-state index is 9.56. The Kier molecular flexibility index (Phi) is 4.80. The third-order valence-electron chi connectivity index (χ3n) is 2.90. The first kappa shape index (κ1) is 14.3. The minimum atomic E-state index is -0.193. The fourth-order valence-electron chi connectivity index (χ4n) is 1.85. The molecule has 0 aliphatic heterocycles. The van der Waals surface area contributed by atoms with Crippen molar-refractivity contribution in [2.24, 2.45) is 0 Å². The topological polar surface area (TPSA) is 45.2 Å². The first-order valence-electron chi connectivity index (χ1n) is 5.84. The lowest BCUT2D eigenvalue weighted by Crippen LogP contribution is -2.16. The molecule has 0 saturated carbocycles. The number of aliphatic hydroxyl groups excluding tert-OH is 1. The summed E-state index contributed by atoms with van der Waals surface area (Å²) in [5, 5.41) is 13.5. The van der Waals surface area contributed by atoms with Crippen LogP contribution in [0.3, 0.4) is 0 Å². The molecule has 0 radical (unpaired) electrons. The number of nitrogens with one attached hydrogen (secondary N) is 1. The Labute approximate surface area is 125 Å². The Morgan fingerprint density at radius 2 is 2.21 bits per heavy atom. The predicted molar refractivity (Wildman–Crippen MR) is 81.6 cm³/mol. The Hall–Kier alpha value is -1.10. The van der Waals surface area contributed by atoms with Gasteiger partial charge in [0.1, 0.15) is 0 Å². The van der Waals surface area contributed by atoms with E-state index in [-0.39, 0.29) is 12.6 Å².